The second kappa shape index (κ2) is 4.75. The largest absolute Gasteiger partial charge is 0.506 e. The summed E-state index contributed by atoms with van der Waals surface area (Å²) >= 11 is 0. The normalized spacial score (nSPS) is 10.1. The first-order valence-corrected chi connectivity index (χ1v) is 5.38. The van der Waals surface area contributed by atoms with Gasteiger partial charge >= 0.3 is 0 Å². The van der Waals surface area contributed by atoms with Crippen LogP contribution in [0.5, 0.6) is 5.75 Å². The van der Waals surface area contributed by atoms with Crippen molar-refractivity contribution >= 4 is 17.3 Å². The number of hydrogen-bond donors (Lipinski definition) is 3. The Bertz CT molecular complexity index is 597. The van der Waals surface area contributed by atoms with Crippen LogP contribution >= 0.6 is 0 Å². The molecule has 0 aliphatic heterocycles. The van der Waals surface area contributed by atoms with Gasteiger partial charge in [-0.05, 0) is 30.7 Å². The SMILES string of the molecule is Cc1ccc(O)c(NC(=O)c2cncc(N)c2)c1. The lowest BCUT2D eigenvalue weighted by molar-refractivity contribution is 0.102. The van der Waals surface area contributed by atoms with Crippen LogP contribution in [0.3, 0.4) is 0 Å². The fourth-order valence-electron chi connectivity index (χ4n) is 1.53. The Balaban J connectivity index is 2.24. The van der Waals surface area contributed by atoms with Gasteiger partial charge in [0.15, 0.2) is 0 Å². The van der Waals surface area contributed by atoms with Crippen LogP contribution in [0.25, 0.3) is 0 Å². The lowest BCUT2D eigenvalue weighted by atomic mass is 10.2. The van der Waals surface area contributed by atoms with Gasteiger partial charge in [-0.3, -0.25) is 9.78 Å². The van der Waals surface area contributed by atoms with E-state index in [0.717, 1.165) is 5.56 Å². The van der Waals surface area contributed by atoms with Crippen LogP contribution in [0.15, 0.2) is 36.7 Å². The molecule has 0 saturated heterocycles. The van der Waals surface area contributed by atoms with E-state index in [1.807, 2.05) is 6.92 Å². The van der Waals surface area contributed by atoms with E-state index in [2.05, 4.69) is 10.3 Å². The number of aromatic hydroxyl groups is 1. The van der Waals surface area contributed by atoms with E-state index in [0.29, 0.717) is 16.9 Å². The number of phenols is 1. The van der Waals surface area contributed by atoms with Crippen molar-refractivity contribution in [1.82, 2.24) is 4.98 Å². The van der Waals surface area contributed by atoms with Crippen molar-refractivity contribution in [3.8, 4) is 5.75 Å². The van der Waals surface area contributed by atoms with Crippen LogP contribution in [0.2, 0.25) is 0 Å². The third-order valence-electron chi connectivity index (χ3n) is 2.42. The van der Waals surface area contributed by atoms with Crippen LogP contribution in [-0.2, 0) is 0 Å². The molecule has 0 atom stereocenters. The van der Waals surface area contributed by atoms with E-state index < -0.39 is 0 Å². The van der Waals surface area contributed by atoms with Gasteiger partial charge < -0.3 is 16.2 Å². The number of benzene rings is 1. The summed E-state index contributed by atoms with van der Waals surface area (Å²) in [5, 5.41) is 12.2. The number of pyridine rings is 1. The molecular weight excluding hydrogens is 230 g/mol. The number of phenolic OH excluding ortho intramolecular Hbond substituents is 1. The van der Waals surface area contributed by atoms with E-state index >= 15 is 0 Å². The van der Waals surface area contributed by atoms with Crippen molar-refractivity contribution in [2.45, 2.75) is 6.92 Å². The van der Waals surface area contributed by atoms with Crippen molar-refractivity contribution in [1.29, 1.82) is 0 Å². The minimum absolute atomic E-state index is 0.0193. The highest BCUT2D eigenvalue weighted by atomic mass is 16.3. The minimum Gasteiger partial charge on any atom is -0.506 e. The maximum absolute atomic E-state index is 11.9. The monoisotopic (exact) mass is 243 g/mol. The average Bonchev–Trinajstić information content (AvgIpc) is 2.34. The molecule has 1 aromatic carbocycles. The van der Waals surface area contributed by atoms with Crippen molar-refractivity contribution in [3.63, 3.8) is 0 Å². The zero-order valence-electron chi connectivity index (χ0n) is 9.84. The number of nitrogens with one attached hydrogen (secondary N) is 1. The summed E-state index contributed by atoms with van der Waals surface area (Å²) in [5.41, 5.74) is 7.61. The molecule has 0 aliphatic carbocycles. The number of carbonyl (C=O) groups excluding carboxylic acids is 1. The molecule has 2 aromatic rings. The Morgan fingerprint density at radius 2 is 2.11 bits per heavy atom. The summed E-state index contributed by atoms with van der Waals surface area (Å²) in [6.45, 7) is 1.87. The van der Waals surface area contributed by atoms with Gasteiger partial charge in [0, 0.05) is 12.4 Å². The van der Waals surface area contributed by atoms with Crippen molar-refractivity contribution in [3.05, 3.63) is 47.8 Å². The summed E-state index contributed by atoms with van der Waals surface area (Å²) in [4.78, 5) is 15.8. The topological polar surface area (TPSA) is 88.2 Å². The zero-order valence-corrected chi connectivity index (χ0v) is 9.84. The Labute approximate surface area is 104 Å². The third-order valence-corrected chi connectivity index (χ3v) is 2.42. The smallest absolute Gasteiger partial charge is 0.257 e. The van der Waals surface area contributed by atoms with E-state index in [9.17, 15) is 9.90 Å². The van der Waals surface area contributed by atoms with Gasteiger partial charge in [0.25, 0.3) is 5.91 Å². The van der Waals surface area contributed by atoms with Crippen molar-refractivity contribution in [2.24, 2.45) is 0 Å². The quantitative estimate of drug-likeness (QED) is 0.703. The van der Waals surface area contributed by atoms with Crippen LogP contribution in [0.1, 0.15) is 15.9 Å². The van der Waals surface area contributed by atoms with Gasteiger partial charge in [0.05, 0.1) is 16.9 Å². The molecule has 1 amide bonds. The van der Waals surface area contributed by atoms with Crippen LogP contribution in [0, 0.1) is 6.92 Å². The third kappa shape index (κ3) is 2.57. The predicted molar refractivity (Wildman–Crippen MR) is 69.4 cm³/mol. The molecular formula is C13H13N3O2. The standard InChI is InChI=1S/C13H13N3O2/c1-8-2-3-12(17)11(4-8)16-13(18)9-5-10(14)7-15-6-9/h2-7,17H,14H2,1H3,(H,16,18). The molecule has 18 heavy (non-hydrogen) atoms. The summed E-state index contributed by atoms with van der Waals surface area (Å²) in [6, 6.07) is 6.50. The van der Waals surface area contributed by atoms with Gasteiger partial charge in [-0.25, -0.2) is 0 Å². The first-order chi connectivity index (χ1) is 8.56. The van der Waals surface area contributed by atoms with Gasteiger partial charge in [-0.2, -0.15) is 0 Å². The van der Waals surface area contributed by atoms with Crippen LogP contribution in [0.4, 0.5) is 11.4 Å². The molecule has 0 radical (unpaired) electrons. The first-order valence-electron chi connectivity index (χ1n) is 5.38. The fourth-order valence-corrected chi connectivity index (χ4v) is 1.53. The second-order valence-electron chi connectivity index (χ2n) is 3.98. The molecule has 0 fully saturated rings. The summed E-state index contributed by atoms with van der Waals surface area (Å²) in [5.74, 6) is -0.346. The van der Waals surface area contributed by atoms with Gasteiger partial charge in [-0.15, -0.1) is 0 Å². The number of nitrogens with zero attached hydrogens (tertiary/aromatic N) is 1. The minimum atomic E-state index is -0.365. The Kier molecular flexibility index (Phi) is 3.14. The lowest BCUT2D eigenvalue weighted by Crippen LogP contribution is -2.12. The summed E-state index contributed by atoms with van der Waals surface area (Å²) in [6.07, 6.45) is 2.87. The lowest BCUT2D eigenvalue weighted by Gasteiger charge is -2.08. The molecule has 0 spiro atoms. The molecule has 4 N–H and O–H groups in total. The molecule has 1 aromatic heterocycles. The molecule has 0 saturated carbocycles. The molecule has 0 aliphatic rings. The van der Waals surface area contributed by atoms with Crippen LogP contribution in [-0.4, -0.2) is 16.0 Å². The maximum Gasteiger partial charge on any atom is 0.257 e. The highest BCUT2D eigenvalue weighted by molar-refractivity contribution is 6.05. The highest BCUT2D eigenvalue weighted by Crippen LogP contribution is 2.24. The van der Waals surface area contributed by atoms with Crippen molar-refractivity contribution in [2.75, 3.05) is 11.1 Å². The van der Waals surface area contributed by atoms with Gasteiger partial charge in [-0.1, -0.05) is 6.07 Å². The second-order valence-corrected chi connectivity index (χ2v) is 3.98. The van der Waals surface area contributed by atoms with Crippen LogP contribution < -0.4 is 11.1 Å². The number of hydrogen-bond acceptors (Lipinski definition) is 4. The van der Waals surface area contributed by atoms with E-state index in [-0.39, 0.29) is 11.7 Å². The van der Waals surface area contributed by atoms with E-state index in [1.54, 1.807) is 12.1 Å². The zero-order chi connectivity index (χ0) is 13.1. The number of carbonyl (C=O) groups is 1. The number of anilines is 2. The fraction of sp³-hybridized carbons (Fsp3) is 0.0769. The molecule has 1 heterocycles. The van der Waals surface area contributed by atoms with Crippen molar-refractivity contribution < 1.29 is 9.90 Å². The summed E-state index contributed by atoms with van der Waals surface area (Å²) < 4.78 is 0. The van der Waals surface area contributed by atoms with Gasteiger partial charge in [0.2, 0.25) is 0 Å². The number of nitrogen functional groups attached to an aromatic ring is 1. The molecule has 92 valence electrons. The Morgan fingerprint density at radius 1 is 1.33 bits per heavy atom. The molecule has 0 unspecified atom stereocenters. The number of aromatic nitrogens is 1. The van der Waals surface area contributed by atoms with E-state index in [4.69, 9.17) is 5.73 Å². The molecule has 2 rings (SSSR count). The Hall–Kier alpha value is -2.56. The number of rotatable bonds is 2. The molecule has 5 nitrogen and oxygen atoms in total. The first kappa shape index (κ1) is 11.9. The number of aryl methyl sites for hydroxylation is 1. The van der Waals surface area contributed by atoms with Gasteiger partial charge in [0.1, 0.15) is 5.75 Å². The average molecular weight is 243 g/mol. The maximum atomic E-state index is 11.9. The number of amides is 1. The molecule has 0 bridgehead atoms. The Morgan fingerprint density at radius 3 is 2.83 bits per heavy atom. The highest BCUT2D eigenvalue weighted by Gasteiger charge is 2.09. The predicted octanol–water partition coefficient (Wildman–Crippen LogP) is 1.93. The van der Waals surface area contributed by atoms with E-state index in [1.165, 1.54) is 24.5 Å². The summed E-state index contributed by atoms with van der Waals surface area (Å²) in [7, 11) is 0. The molecule has 5 heteroatoms. The number of nitrogens with two attached hydrogens (primary N) is 1.